The zero-order valence-corrected chi connectivity index (χ0v) is 31.7. The van der Waals surface area contributed by atoms with Crippen molar-refractivity contribution in [3.8, 4) is 5.75 Å². The van der Waals surface area contributed by atoms with Crippen LogP contribution in [0.1, 0.15) is 99.6 Å². The maximum Gasteiger partial charge on any atom is 0.408 e. The van der Waals surface area contributed by atoms with Crippen LogP contribution in [0.4, 0.5) is 4.79 Å². The van der Waals surface area contributed by atoms with Gasteiger partial charge in [0.25, 0.3) is 0 Å². The lowest BCUT2D eigenvalue weighted by atomic mass is 9.86. The van der Waals surface area contributed by atoms with E-state index in [1.165, 1.54) is 0 Å². The van der Waals surface area contributed by atoms with Crippen LogP contribution in [-0.4, -0.2) is 56.4 Å². The van der Waals surface area contributed by atoms with Gasteiger partial charge in [-0.1, -0.05) is 90.4 Å². The molecular weight excluding hydrogens is 611 g/mol. The highest BCUT2D eigenvalue weighted by molar-refractivity contribution is 6.77. The Morgan fingerprint density at radius 1 is 0.830 bits per heavy atom. The van der Waals surface area contributed by atoms with E-state index >= 15 is 0 Å². The Kier molecular flexibility index (Phi) is 15.9. The number of carbonyl (C=O) groups is 2. The maximum absolute atomic E-state index is 13.3. The number of aliphatic hydroxyl groups is 1. The highest BCUT2D eigenvalue weighted by Gasteiger charge is 2.48. The minimum Gasteiger partial charge on any atom is -0.497 e. The Labute approximate surface area is 285 Å². The number of carbonyl (C=O) groups excluding carboxylic acids is 2. The number of hydrogen-bond acceptors (Lipinski definition) is 7. The van der Waals surface area contributed by atoms with Gasteiger partial charge in [-0.05, 0) is 92.8 Å². The van der Waals surface area contributed by atoms with Gasteiger partial charge in [-0.25, -0.2) is 9.59 Å². The van der Waals surface area contributed by atoms with Gasteiger partial charge in [0.05, 0.1) is 19.3 Å². The molecule has 0 heterocycles. The van der Waals surface area contributed by atoms with E-state index in [2.05, 4.69) is 59.0 Å². The summed E-state index contributed by atoms with van der Waals surface area (Å²) in [6.07, 6.45) is 0.514. The van der Waals surface area contributed by atoms with Gasteiger partial charge in [0.2, 0.25) is 8.32 Å². The molecule has 2 N–H and O–H groups in total. The Bertz CT molecular complexity index is 1190. The van der Waals surface area contributed by atoms with Crippen LogP contribution < -0.4 is 10.1 Å². The molecule has 0 radical (unpaired) electrons. The first-order valence-electron chi connectivity index (χ1n) is 17.2. The number of alkyl carbamates (subject to hydrolysis) is 1. The van der Waals surface area contributed by atoms with Crippen molar-refractivity contribution < 1.29 is 33.3 Å². The Balaban J connectivity index is 2.36. The van der Waals surface area contributed by atoms with Crippen LogP contribution in [0, 0.1) is 5.92 Å². The fraction of sp³-hybridized carbons (Fsp3) is 0.632. The molecule has 2 aromatic rings. The highest BCUT2D eigenvalue weighted by Crippen LogP contribution is 2.44. The normalized spacial score (nSPS) is 14.9. The van der Waals surface area contributed by atoms with Gasteiger partial charge in [-0.15, -0.1) is 0 Å². The summed E-state index contributed by atoms with van der Waals surface area (Å²) in [6, 6.07) is 16.6. The minimum atomic E-state index is -2.34. The first-order chi connectivity index (χ1) is 22.0. The minimum absolute atomic E-state index is 0.0472. The molecule has 8 nitrogen and oxygen atoms in total. The lowest BCUT2D eigenvalue weighted by Crippen LogP contribution is -2.54. The number of rotatable bonds is 18. The molecule has 0 aromatic heterocycles. The average molecular weight is 672 g/mol. The summed E-state index contributed by atoms with van der Waals surface area (Å²) in [4.78, 5) is 26.1. The number of benzene rings is 2. The van der Waals surface area contributed by atoms with E-state index < -0.39 is 44.2 Å². The molecule has 0 saturated heterocycles. The molecule has 2 aromatic carbocycles. The zero-order chi connectivity index (χ0) is 35.4. The van der Waals surface area contributed by atoms with Crippen molar-refractivity contribution in [3.63, 3.8) is 0 Å². The van der Waals surface area contributed by atoms with E-state index in [-0.39, 0.29) is 12.5 Å². The molecule has 264 valence electrons. The smallest absolute Gasteiger partial charge is 0.408 e. The van der Waals surface area contributed by atoms with Crippen molar-refractivity contribution in [1.29, 1.82) is 0 Å². The van der Waals surface area contributed by atoms with Gasteiger partial charge in [0, 0.05) is 0 Å². The second-order valence-corrected chi connectivity index (χ2v) is 20.1. The summed E-state index contributed by atoms with van der Waals surface area (Å²) in [7, 11) is -0.694. The van der Waals surface area contributed by atoms with Crippen LogP contribution in [-0.2, 0) is 31.7 Å². The van der Waals surface area contributed by atoms with E-state index in [9.17, 15) is 14.7 Å². The van der Waals surface area contributed by atoms with E-state index in [1.54, 1.807) is 27.9 Å². The summed E-state index contributed by atoms with van der Waals surface area (Å²) in [5, 5.41) is 14.0. The second-order valence-electron chi connectivity index (χ2n) is 14.7. The molecule has 47 heavy (non-hydrogen) atoms. The third kappa shape index (κ3) is 12.6. The predicted molar refractivity (Wildman–Crippen MR) is 191 cm³/mol. The van der Waals surface area contributed by atoms with Gasteiger partial charge >= 0.3 is 12.1 Å². The van der Waals surface area contributed by atoms with Crippen LogP contribution in [0.3, 0.4) is 0 Å². The summed E-state index contributed by atoms with van der Waals surface area (Å²) in [5.41, 5.74) is 2.32. The van der Waals surface area contributed by atoms with Crippen LogP contribution in [0.15, 0.2) is 54.6 Å². The fourth-order valence-electron chi connectivity index (χ4n) is 6.79. The van der Waals surface area contributed by atoms with Gasteiger partial charge in [0.1, 0.15) is 24.0 Å². The predicted octanol–water partition coefficient (Wildman–Crippen LogP) is 8.60. The largest absolute Gasteiger partial charge is 0.497 e. The molecule has 0 aliphatic carbocycles. The zero-order valence-electron chi connectivity index (χ0n) is 30.7. The fourth-order valence-corrected chi connectivity index (χ4v) is 12.5. The lowest BCUT2D eigenvalue weighted by molar-refractivity contribution is -0.147. The van der Waals surface area contributed by atoms with E-state index in [4.69, 9.17) is 18.6 Å². The van der Waals surface area contributed by atoms with Crippen molar-refractivity contribution in [2.45, 2.75) is 142 Å². The van der Waals surface area contributed by atoms with E-state index in [0.29, 0.717) is 42.3 Å². The van der Waals surface area contributed by atoms with Gasteiger partial charge < -0.3 is 29.1 Å². The standard InChI is InChI=1S/C38H61NO7Si/c1-26(2)47(27(3)4,28(5)6)46-35(29(7)40)32(24-30-20-22-33(43-11)23-21-30)18-15-19-34(39-37(42)45-38(8,9)10)36(41)44-25-31-16-13-12-14-17-31/h12-14,16-17,20-23,26-29,32,34-35,40H,15,18-19,24-25H2,1-11H3,(H,39,42)/t29-,32?,34-,35-/m0/s1. The molecule has 1 amide bonds. The number of nitrogens with one attached hydrogen (secondary N) is 1. The average Bonchev–Trinajstić information content (AvgIpc) is 2.98. The van der Waals surface area contributed by atoms with Crippen molar-refractivity contribution >= 4 is 20.4 Å². The lowest BCUT2D eigenvalue weighted by Gasteiger charge is -2.47. The first kappa shape index (κ1) is 40.3. The summed E-state index contributed by atoms with van der Waals surface area (Å²) in [5.74, 6) is 0.221. The van der Waals surface area contributed by atoms with Crippen LogP contribution >= 0.6 is 0 Å². The topological polar surface area (TPSA) is 103 Å². The molecule has 0 saturated carbocycles. The molecular formula is C38H61NO7Si. The van der Waals surface area contributed by atoms with Crippen LogP contribution in [0.2, 0.25) is 16.6 Å². The highest BCUT2D eigenvalue weighted by atomic mass is 28.4. The number of esters is 1. The van der Waals surface area contributed by atoms with E-state index in [0.717, 1.165) is 16.9 Å². The molecule has 0 aliphatic heterocycles. The SMILES string of the molecule is COc1ccc(CC(CCC[C@H](NC(=O)OC(C)(C)C)C(=O)OCc2ccccc2)[C@@H](O[Si](C(C)C)(C(C)C)C(C)C)[C@H](C)O)cc1. The van der Waals surface area contributed by atoms with Gasteiger partial charge in [0.15, 0.2) is 0 Å². The molecule has 0 spiro atoms. The number of amides is 1. The van der Waals surface area contributed by atoms with Crippen molar-refractivity contribution in [1.82, 2.24) is 5.32 Å². The van der Waals surface area contributed by atoms with Gasteiger partial charge in [-0.3, -0.25) is 0 Å². The Hall–Kier alpha value is -2.88. The summed E-state index contributed by atoms with van der Waals surface area (Å²) in [6.45, 7) is 20.8. The Morgan fingerprint density at radius 2 is 1.40 bits per heavy atom. The molecule has 0 fully saturated rings. The number of hydrogen-bond donors (Lipinski definition) is 2. The molecule has 0 aliphatic rings. The van der Waals surface area contributed by atoms with Gasteiger partial charge in [-0.2, -0.15) is 0 Å². The third-order valence-electron chi connectivity index (χ3n) is 8.91. The summed E-state index contributed by atoms with van der Waals surface area (Å²) < 4.78 is 23.8. The Morgan fingerprint density at radius 3 is 1.89 bits per heavy atom. The molecule has 0 bridgehead atoms. The molecule has 9 heteroatoms. The monoisotopic (exact) mass is 671 g/mol. The number of aliphatic hydroxyl groups excluding tert-OH is 1. The van der Waals surface area contributed by atoms with E-state index in [1.807, 2.05) is 49.4 Å². The van der Waals surface area contributed by atoms with Crippen LogP contribution in [0.25, 0.3) is 0 Å². The number of ether oxygens (including phenoxy) is 3. The third-order valence-corrected chi connectivity index (χ3v) is 15.0. The quantitative estimate of drug-likeness (QED) is 0.121. The van der Waals surface area contributed by atoms with Crippen LogP contribution in [0.5, 0.6) is 5.75 Å². The first-order valence-corrected chi connectivity index (χ1v) is 19.3. The number of methoxy groups -OCH3 is 1. The second kappa shape index (κ2) is 18.6. The molecule has 1 unspecified atom stereocenters. The van der Waals surface area contributed by atoms with Crippen molar-refractivity contribution in [2.24, 2.45) is 5.92 Å². The maximum atomic E-state index is 13.3. The van der Waals surface area contributed by atoms with Crippen molar-refractivity contribution in [3.05, 3.63) is 65.7 Å². The summed E-state index contributed by atoms with van der Waals surface area (Å²) >= 11 is 0. The van der Waals surface area contributed by atoms with Crippen molar-refractivity contribution in [2.75, 3.05) is 7.11 Å². The molecule has 2 rings (SSSR count). The molecule has 4 atom stereocenters.